The van der Waals surface area contributed by atoms with Crippen molar-refractivity contribution in [2.45, 2.75) is 53.0 Å². The van der Waals surface area contributed by atoms with E-state index in [0.717, 1.165) is 32.1 Å². The van der Waals surface area contributed by atoms with Gasteiger partial charge in [-0.3, -0.25) is 4.79 Å². The summed E-state index contributed by atoms with van der Waals surface area (Å²) in [5, 5.41) is 0. The van der Waals surface area contributed by atoms with E-state index in [1.807, 2.05) is 4.90 Å². The minimum Gasteiger partial charge on any atom is -0.338 e. The van der Waals surface area contributed by atoms with Crippen molar-refractivity contribution in [2.75, 3.05) is 19.3 Å². The molecule has 1 saturated heterocycles. The van der Waals surface area contributed by atoms with Gasteiger partial charge >= 0.3 is 0 Å². The molecule has 1 amide bonds. The summed E-state index contributed by atoms with van der Waals surface area (Å²) >= 11 is 0. The monoisotopic (exact) mass is 342 g/mol. The maximum Gasteiger partial charge on any atom is 0.227 e. The number of hydrogen-bond acceptors (Lipinski definition) is 3. The largest absolute Gasteiger partial charge is 0.338 e. The highest BCUT2D eigenvalue weighted by Gasteiger charge is 2.61. The summed E-state index contributed by atoms with van der Waals surface area (Å²) < 4.78 is 25.3. The van der Waals surface area contributed by atoms with Crippen molar-refractivity contribution in [3.05, 3.63) is 11.6 Å². The molecular weight excluding hydrogens is 312 g/mol. The van der Waals surface area contributed by atoms with Gasteiger partial charge in [0.15, 0.2) is 0 Å². The molecule has 2 rings (SSSR count). The summed E-state index contributed by atoms with van der Waals surface area (Å²) in [6.45, 7) is 9.49. The number of carbonyl (C=O) groups excluding carboxylic acids is 1. The highest BCUT2D eigenvalue weighted by atomic mass is 32.2. The van der Waals surface area contributed by atoms with Gasteiger partial charge in [-0.25, -0.2) is 13.1 Å². The van der Waals surface area contributed by atoms with Crippen LogP contribution in [-0.4, -0.2) is 44.6 Å². The van der Waals surface area contributed by atoms with Crippen LogP contribution in [0.15, 0.2) is 11.6 Å². The van der Waals surface area contributed by atoms with Crippen LogP contribution in [-0.2, 0) is 14.8 Å². The van der Waals surface area contributed by atoms with Crippen molar-refractivity contribution in [3.8, 4) is 0 Å². The predicted molar refractivity (Wildman–Crippen MR) is 92.4 cm³/mol. The summed E-state index contributed by atoms with van der Waals surface area (Å²) in [5.41, 5.74) is 1.24. The fourth-order valence-electron chi connectivity index (χ4n) is 3.75. The normalized spacial score (nSPS) is 30.0. The highest BCUT2D eigenvalue weighted by molar-refractivity contribution is 7.88. The van der Waals surface area contributed by atoms with E-state index in [2.05, 4.69) is 38.5 Å². The number of hydrogen-bond donors (Lipinski definition) is 1. The van der Waals surface area contributed by atoms with Gasteiger partial charge in [0.1, 0.15) is 0 Å². The summed E-state index contributed by atoms with van der Waals surface area (Å²) in [6, 6.07) is -0.0188. The standard InChI is InChI=1S/C17H30N2O3S/c1-12(2)10-14-15(17(14,3)4)16(20)19-9-7-6-8-13(19)11-18-23(5,21)22/h10,13-15,18H,6-9,11H2,1-5H3. The second kappa shape index (κ2) is 6.55. The zero-order valence-corrected chi connectivity index (χ0v) is 15.7. The Morgan fingerprint density at radius 1 is 1.30 bits per heavy atom. The van der Waals surface area contributed by atoms with Crippen molar-refractivity contribution in [1.82, 2.24) is 9.62 Å². The molecule has 23 heavy (non-hydrogen) atoms. The van der Waals surface area contributed by atoms with Gasteiger partial charge < -0.3 is 4.90 Å². The minimum atomic E-state index is -3.22. The molecular formula is C17H30N2O3S. The number of rotatable bonds is 5. The number of likely N-dealkylation sites (tertiary alicyclic amines) is 1. The van der Waals surface area contributed by atoms with Gasteiger partial charge in [-0.2, -0.15) is 0 Å². The van der Waals surface area contributed by atoms with Gasteiger partial charge in [0.25, 0.3) is 0 Å². The summed E-state index contributed by atoms with van der Waals surface area (Å²) in [7, 11) is -3.22. The lowest BCUT2D eigenvalue weighted by Crippen LogP contribution is -2.50. The van der Waals surface area contributed by atoms with Crippen LogP contribution in [0.1, 0.15) is 47.0 Å². The number of allylic oxidation sites excluding steroid dienone is 2. The number of sulfonamides is 1. The van der Waals surface area contributed by atoms with Crippen LogP contribution < -0.4 is 4.72 Å². The Morgan fingerprint density at radius 2 is 1.96 bits per heavy atom. The molecule has 3 atom stereocenters. The molecule has 132 valence electrons. The molecule has 0 aromatic heterocycles. The van der Waals surface area contributed by atoms with E-state index in [-0.39, 0.29) is 23.3 Å². The molecule has 2 aliphatic rings. The lowest BCUT2D eigenvalue weighted by molar-refractivity contribution is -0.137. The average Bonchev–Trinajstić information content (AvgIpc) is 2.95. The number of amides is 1. The topological polar surface area (TPSA) is 66.5 Å². The second-order valence-electron chi connectivity index (χ2n) is 7.87. The van der Waals surface area contributed by atoms with Gasteiger partial charge in [0.05, 0.1) is 12.2 Å². The SMILES string of the molecule is CC(C)=CC1C(C(=O)N2CCCCC2CNS(C)(=O)=O)C1(C)C. The van der Waals surface area contributed by atoms with Crippen molar-refractivity contribution in [3.63, 3.8) is 0 Å². The smallest absolute Gasteiger partial charge is 0.227 e. The third-order valence-corrected chi connectivity index (χ3v) is 5.87. The molecule has 1 heterocycles. The zero-order chi connectivity index (χ0) is 17.4. The van der Waals surface area contributed by atoms with E-state index >= 15 is 0 Å². The Hall–Kier alpha value is -0.880. The molecule has 1 saturated carbocycles. The average molecular weight is 343 g/mol. The molecule has 2 fully saturated rings. The molecule has 5 nitrogen and oxygen atoms in total. The molecule has 0 radical (unpaired) electrons. The minimum absolute atomic E-state index is 0.000607. The number of nitrogens with one attached hydrogen (secondary N) is 1. The first-order valence-corrected chi connectivity index (χ1v) is 10.3. The third kappa shape index (κ3) is 4.35. The highest BCUT2D eigenvalue weighted by Crippen LogP contribution is 2.60. The fraction of sp³-hybridized carbons (Fsp3) is 0.824. The van der Waals surface area contributed by atoms with Crippen molar-refractivity contribution in [1.29, 1.82) is 0 Å². The van der Waals surface area contributed by atoms with Crippen LogP contribution in [0.4, 0.5) is 0 Å². The van der Waals surface area contributed by atoms with Crippen LogP contribution in [0.3, 0.4) is 0 Å². The van der Waals surface area contributed by atoms with E-state index in [4.69, 9.17) is 0 Å². The van der Waals surface area contributed by atoms with E-state index in [1.54, 1.807) is 0 Å². The molecule has 0 aromatic rings. The van der Waals surface area contributed by atoms with Crippen molar-refractivity contribution < 1.29 is 13.2 Å². The van der Waals surface area contributed by atoms with Gasteiger partial charge in [-0.05, 0) is 44.4 Å². The Labute approximate surface area is 140 Å². The molecule has 1 aliphatic heterocycles. The van der Waals surface area contributed by atoms with Gasteiger partial charge in [-0.1, -0.05) is 25.5 Å². The first kappa shape index (κ1) is 18.5. The van der Waals surface area contributed by atoms with Gasteiger partial charge in [-0.15, -0.1) is 0 Å². The van der Waals surface area contributed by atoms with Crippen molar-refractivity contribution in [2.24, 2.45) is 17.3 Å². The molecule has 0 aromatic carbocycles. The van der Waals surface area contributed by atoms with Crippen LogP contribution in [0.5, 0.6) is 0 Å². The molecule has 6 heteroatoms. The Bertz CT molecular complexity index is 591. The summed E-state index contributed by atoms with van der Waals surface area (Å²) in [4.78, 5) is 14.9. The van der Waals surface area contributed by atoms with Gasteiger partial charge in [0.2, 0.25) is 15.9 Å². The quantitative estimate of drug-likeness (QED) is 0.779. The molecule has 1 N–H and O–H groups in total. The van der Waals surface area contributed by atoms with E-state index in [9.17, 15) is 13.2 Å². The number of carbonyl (C=O) groups is 1. The first-order chi connectivity index (χ1) is 10.5. The maximum atomic E-state index is 13.0. The maximum absolute atomic E-state index is 13.0. The van der Waals surface area contributed by atoms with E-state index < -0.39 is 10.0 Å². The molecule has 0 spiro atoms. The second-order valence-corrected chi connectivity index (χ2v) is 9.70. The van der Waals surface area contributed by atoms with Crippen LogP contribution >= 0.6 is 0 Å². The Morgan fingerprint density at radius 3 is 2.52 bits per heavy atom. The molecule has 1 aliphatic carbocycles. The number of piperidine rings is 1. The molecule has 3 unspecified atom stereocenters. The van der Waals surface area contributed by atoms with Crippen LogP contribution in [0.25, 0.3) is 0 Å². The summed E-state index contributed by atoms with van der Waals surface area (Å²) in [5.74, 6) is 0.513. The predicted octanol–water partition coefficient (Wildman–Crippen LogP) is 2.16. The summed E-state index contributed by atoms with van der Waals surface area (Å²) in [6.07, 6.45) is 6.29. The Kier molecular flexibility index (Phi) is 5.26. The lowest BCUT2D eigenvalue weighted by atomic mass is 10.0. The van der Waals surface area contributed by atoms with E-state index in [1.165, 1.54) is 5.57 Å². The third-order valence-electron chi connectivity index (χ3n) is 5.18. The van der Waals surface area contributed by atoms with Crippen molar-refractivity contribution >= 4 is 15.9 Å². The first-order valence-electron chi connectivity index (χ1n) is 8.44. The number of nitrogens with zero attached hydrogens (tertiary/aromatic N) is 1. The lowest BCUT2D eigenvalue weighted by Gasteiger charge is -2.36. The van der Waals surface area contributed by atoms with Crippen LogP contribution in [0, 0.1) is 17.3 Å². The molecule has 0 bridgehead atoms. The zero-order valence-electron chi connectivity index (χ0n) is 14.9. The van der Waals surface area contributed by atoms with Crippen LogP contribution in [0.2, 0.25) is 0 Å². The fourth-order valence-corrected chi connectivity index (χ4v) is 4.24. The van der Waals surface area contributed by atoms with E-state index in [0.29, 0.717) is 12.5 Å². The van der Waals surface area contributed by atoms with Gasteiger partial charge in [0, 0.05) is 19.1 Å². The Balaban J connectivity index is 2.08.